The maximum absolute atomic E-state index is 12.6. The molecule has 1 aliphatic heterocycles. The Labute approximate surface area is 170 Å². The molecule has 0 fully saturated rings. The molecular weight excluding hydrogens is 364 g/mol. The first-order chi connectivity index (χ1) is 14.3. The third kappa shape index (κ3) is 5.36. The van der Waals surface area contributed by atoms with Gasteiger partial charge in [0.15, 0.2) is 11.5 Å². The SMILES string of the molecule is O=C(CN(Cc1ccccc1)Cc1ccccc1)NCc1ccc2c(c1)OCO2. The molecule has 3 aromatic rings. The van der Waals surface area contributed by atoms with E-state index in [1.807, 2.05) is 54.6 Å². The summed E-state index contributed by atoms with van der Waals surface area (Å²) < 4.78 is 10.7. The van der Waals surface area contributed by atoms with Crippen LogP contribution in [0.4, 0.5) is 0 Å². The Kier molecular flexibility index (Phi) is 6.07. The zero-order chi connectivity index (χ0) is 19.9. The van der Waals surface area contributed by atoms with Crippen LogP contribution in [-0.2, 0) is 24.4 Å². The molecule has 4 rings (SSSR count). The van der Waals surface area contributed by atoms with Crippen LogP contribution >= 0.6 is 0 Å². The average Bonchev–Trinajstić information content (AvgIpc) is 3.22. The van der Waals surface area contributed by atoms with Crippen molar-refractivity contribution >= 4 is 5.91 Å². The van der Waals surface area contributed by atoms with Gasteiger partial charge in [0.25, 0.3) is 0 Å². The number of hydrogen-bond acceptors (Lipinski definition) is 4. The van der Waals surface area contributed by atoms with E-state index >= 15 is 0 Å². The van der Waals surface area contributed by atoms with Crippen LogP contribution in [0.1, 0.15) is 16.7 Å². The van der Waals surface area contributed by atoms with Crippen molar-refractivity contribution in [1.82, 2.24) is 10.2 Å². The molecule has 5 heteroatoms. The first kappa shape index (κ1) is 19.0. The number of carbonyl (C=O) groups excluding carboxylic acids is 1. The second kappa shape index (κ2) is 9.26. The molecule has 1 aliphatic rings. The van der Waals surface area contributed by atoms with E-state index in [1.54, 1.807) is 0 Å². The second-order valence-corrected chi connectivity index (χ2v) is 7.08. The van der Waals surface area contributed by atoms with E-state index in [4.69, 9.17) is 9.47 Å². The summed E-state index contributed by atoms with van der Waals surface area (Å²) in [7, 11) is 0. The lowest BCUT2D eigenvalue weighted by atomic mass is 10.1. The predicted molar refractivity (Wildman–Crippen MR) is 111 cm³/mol. The number of amides is 1. The van der Waals surface area contributed by atoms with Gasteiger partial charge in [-0.2, -0.15) is 0 Å². The number of nitrogens with one attached hydrogen (secondary N) is 1. The highest BCUT2D eigenvalue weighted by atomic mass is 16.7. The van der Waals surface area contributed by atoms with Gasteiger partial charge in [-0.05, 0) is 28.8 Å². The summed E-state index contributed by atoms with van der Waals surface area (Å²) in [5.74, 6) is 1.47. The van der Waals surface area contributed by atoms with Crippen LogP contribution in [0.3, 0.4) is 0 Å². The molecule has 148 valence electrons. The molecule has 1 heterocycles. The minimum absolute atomic E-state index is 0.00507. The van der Waals surface area contributed by atoms with E-state index in [-0.39, 0.29) is 12.7 Å². The first-order valence-corrected chi connectivity index (χ1v) is 9.72. The number of nitrogens with zero attached hydrogens (tertiary/aromatic N) is 1. The van der Waals surface area contributed by atoms with Crippen molar-refractivity contribution in [2.75, 3.05) is 13.3 Å². The van der Waals surface area contributed by atoms with E-state index in [1.165, 1.54) is 11.1 Å². The smallest absolute Gasteiger partial charge is 0.234 e. The lowest BCUT2D eigenvalue weighted by Crippen LogP contribution is -2.36. The highest BCUT2D eigenvalue weighted by molar-refractivity contribution is 5.78. The summed E-state index contributed by atoms with van der Waals surface area (Å²) >= 11 is 0. The van der Waals surface area contributed by atoms with Crippen molar-refractivity contribution < 1.29 is 14.3 Å². The normalized spacial score (nSPS) is 12.2. The lowest BCUT2D eigenvalue weighted by molar-refractivity contribution is -0.122. The van der Waals surface area contributed by atoms with Gasteiger partial charge >= 0.3 is 0 Å². The average molecular weight is 388 g/mol. The zero-order valence-electron chi connectivity index (χ0n) is 16.2. The topological polar surface area (TPSA) is 50.8 Å². The molecule has 0 aromatic heterocycles. The van der Waals surface area contributed by atoms with Crippen LogP contribution in [0.5, 0.6) is 11.5 Å². The molecule has 0 atom stereocenters. The first-order valence-electron chi connectivity index (χ1n) is 9.72. The van der Waals surface area contributed by atoms with Crippen LogP contribution in [-0.4, -0.2) is 24.1 Å². The van der Waals surface area contributed by atoms with Crippen molar-refractivity contribution in [3.8, 4) is 11.5 Å². The zero-order valence-corrected chi connectivity index (χ0v) is 16.2. The minimum Gasteiger partial charge on any atom is -0.454 e. The Morgan fingerprint density at radius 1 is 0.793 bits per heavy atom. The minimum atomic E-state index is -0.00507. The van der Waals surface area contributed by atoms with Crippen LogP contribution in [0.2, 0.25) is 0 Å². The maximum atomic E-state index is 12.6. The Morgan fingerprint density at radius 2 is 1.41 bits per heavy atom. The predicted octanol–water partition coefficient (Wildman–Crippen LogP) is 3.73. The Morgan fingerprint density at radius 3 is 2.07 bits per heavy atom. The summed E-state index contributed by atoms with van der Waals surface area (Å²) in [6, 6.07) is 26.2. The van der Waals surface area contributed by atoms with Gasteiger partial charge in [0, 0.05) is 19.6 Å². The van der Waals surface area contributed by atoms with Crippen LogP contribution < -0.4 is 14.8 Å². The number of hydrogen-bond donors (Lipinski definition) is 1. The van der Waals surface area contributed by atoms with Crippen LogP contribution in [0, 0.1) is 0 Å². The molecular formula is C24H24N2O3. The number of rotatable bonds is 8. The van der Waals surface area contributed by atoms with Gasteiger partial charge in [0.1, 0.15) is 0 Å². The molecule has 1 amide bonds. The molecule has 0 radical (unpaired) electrons. The van der Waals surface area contributed by atoms with Crippen molar-refractivity contribution in [3.05, 3.63) is 95.6 Å². The van der Waals surface area contributed by atoms with E-state index < -0.39 is 0 Å². The number of fused-ring (bicyclic) bond motifs is 1. The molecule has 0 aliphatic carbocycles. The summed E-state index contributed by atoms with van der Waals surface area (Å²) in [5.41, 5.74) is 3.36. The summed E-state index contributed by atoms with van der Waals surface area (Å²) in [4.78, 5) is 14.8. The summed E-state index contributed by atoms with van der Waals surface area (Å²) in [6.07, 6.45) is 0. The largest absolute Gasteiger partial charge is 0.454 e. The van der Waals surface area contributed by atoms with Gasteiger partial charge in [-0.25, -0.2) is 0 Å². The van der Waals surface area contributed by atoms with Crippen molar-refractivity contribution in [2.24, 2.45) is 0 Å². The number of ether oxygens (including phenoxy) is 2. The summed E-state index contributed by atoms with van der Waals surface area (Å²) in [6.45, 7) is 2.47. The molecule has 0 saturated carbocycles. The number of carbonyl (C=O) groups is 1. The second-order valence-electron chi connectivity index (χ2n) is 7.08. The molecule has 29 heavy (non-hydrogen) atoms. The maximum Gasteiger partial charge on any atom is 0.234 e. The Hall–Kier alpha value is -3.31. The van der Waals surface area contributed by atoms with E-state index in [0.29, 0.717) is 26.2 Å². The fourth-order valence-corrected chi connectivity index (χ4v) is 3.36. The van der Waals surface area contributed by atoms with Gasteiger partial charge < -0.3 is 14.8 Å². The van der Waals surface area contributed by atoms with Gasteiger partial charge in [-0.3, -0.25) is 9.69 Å². The monoisotopic (exact) mass is 388 g/mol. The standard InChI is InChI=1S/C24H24N2O3/c27-24(25-14-21-11-12-22-23(13-21)29-18-28-22)17-26(15-19-7-3-1-4-8-19)16-20-9-5-2-6-10-20/h1-13H,14-18H2,(H,25,27). The third-order valence-electron chi connectivity index (χ3n) is 4.79. The van der Waals surface area contributed by atoms with E-state index in [2.05, 4.69) is 34.5 Å². The van der Waals surface area contributed by atoms with E-state index in [9.17, 15) is 4.79 Å². The molecule has 0 saturated heterocycles. The van der Waals surface area contributed by atoms with Gasteiger partial charge in [-0.1, -0.05) is 66.7 Å². The van der Waals surface area contributed by atoms with Crippen molar-refractivity contribution in [1.29, 1.82) is 0 Å². The third-order valence-corrected chi connectivity index (χ3v) is 4.79. The van der Waals surface area contributed by atoms with Crippen LogP contribution in [0.15, 0.2) is 78.9 Å². The molecule has 0 bridgehead atoms. The van der Waals surface area contributed by atoms with Gasteiger partial charge in [0.05, 0.1) is 6.54 Å². The molecule has 0 spiro atoms. The number of benzene rings is 3. The Bertz CT molecular complexity index is 903. The van der Waals surface area contributed by atoms with E-state index in [0.717, 1.165) is 17.1 Å². The molecule has 3 aromatic carbocycles. The van der Waals surface area contributed by atoms with Crippen molar-refractivity contribution in [2.45, 2.75) is 19.6 Å². The highest BCUT2D eigenvalue weighted by Crippen LogP contribution is 2.32. The fraction of sp³-hybridized carbons (Fsp3) is 0.208. The molecule has 1 N–H and O–H groups in total. The van der Waals surface area contributed by atoms with Gasteiger partial charge in [-0.15, -0.1) is 0 Å². The van der Waals surface area contributed by atoms with Gasteiger partial charge in [0.2, 0.25) is 12.7 Å². The van der Waals surface area contributed by atoms with Crippen molar-refractivity contribution in [3.63, 3.8) is 0 Å². The summed E-state index contributed by atoms with van der Waals surface area (Å²) in [5, 5.41) is 3.02. The Balaban J connectivity index is 1.37. The highest BCUT2D eigenvalue weighted by Gasteiger charge is 2.15. The lowest BCUT2D eigenvalue weighted by Gasteiger charge is -2.22. The van der Waals surface area contributed by atoms with Crippen LogP contribution in [0.25, 0.3) is 0 Å². The molecule has 5 nitrogen and oxygen atoms in total. The fourth-order valence-electron chi connectivity index (χ4n) is 3.36. The molecule has 0 unspecified atom stereocenters. The quantitative estimate of drug-likeness (QED) is 0.639.